The Kier molecular flexibility index (Phi) is 6.69. The molecule has 0 unspecified atom stereocenters. The lowest BCUT2D eigenvalue weighted by molar-refractivity contribution is -0.123. The van der Waals surface area contributed by atoms with Crippen LogP contribution in [-0.4, -0.2) is 72.5 Å². The Morgan fingerprint density at radius 3 is 2.49 bits per heavy atom. The van der Waals surface area contributed by atoms with Crippen molar-refractivity contribution in [1.29, 1.82) is 0 Å². The monoisotopic (exact) mass is 536 g/mol. The van der Waals surface area contributed by atoms with Gasteiger partial charge >= 0.3 is 0 Å². The van der Waals surface area contributed by atoms with Crippen LogP contribution in [0.5, 0.6) is 17.2 Å². The first kappa shape index (κ1) is 25.3. The Hall–Kier alpha value is -3.97. The van der Waals surface area contributed by atoms with E-state index >= 15 is 0 Å². The highest BCUT2D eigenvalue weighted by Crippen LogP contribution is 2.46. The van der Waals surface area contributed by atoms with Gasteiger partial charge in [0.05, 0.1) is 31.1 Å². The van der Waals surface area contributed by atoms with Crippen molar-refractivity contribution in [1.82, 2.24) is 14.9 Å². The molecule has 3 aromatic rings. The Morgan fingerprint density at radius 2 is 1.77 bits per heavy atom. The fourth-order valence-electron chi connectivity index (χ4n) is 5.42. The van der Waals surface area contributed by atoms with Gasteiger partial charge in [0, 0.05) is 53.6 Å². The summed E-state index contributed by atoms with van der Waals surface area (Å²) in [6, 6.07) is 6.46. The number of fused-ring (bicyclic) bond motifs is 6. The fraction of sp³-hybridized carbons (Fsp3) is 0.370. The molecule has 1 aliphatic carbocycles. The van der Waals surface area contributed by atoms with Crippen LogP contribution in [0.15, 0.2) is 29.1 Å². The van der Waals surface area contributed by atoms with Crippen molar-refractivity contribution < 1.29 is 33.6 Å². The number of hydrazine groups is 1. The first-order valence-corrected chi connectivity index (χ1v) is 12.8. The fourth-order valence-corrected chi connectivity index (χ4v) is 5.42. The van der Waals surface area contributed by atoms with Crippen molar-refractivity contribution in [2.24, 2.45) is 5.84 Å². The number of hydrogen-bond donors (Lipinski definition) is 3. The number of carbonyl (C=O) groups excluding carboxylic acids is 2. The van der Waals surface area contributed by atoms with Crippen molar-refractivity contribution in [3.05, 3.63) is 51.3 Å². The molecule has 3 aliphatic rings. The normalized spacial score (nSPS) is 15.9. The molecule has 12 nitrogen and oxygen atoms in total. The van der Waals surface area contributed by atoms with Crippen molar-refractivity contribution in [2.75, 3.05) is 46.2 Å². The number of morpholine rings is 1. The lowest BCUT2D eigenvalue weighted by Gasteiger charge is -2.26. The molecule has 0 bridgehead atoms. The highest BCUT2D eigenvalue weighted by molar-refractivity contribution is 6.27. The van der Waals surface area contributed by atoms with Gasteiger partial charge in [0.1, 0.15) is 5.75 Å². The number of benzene rings is 2. The summed E-state index contributed by atoms with van der Waals surface area (Å²) in [6.45, 7) is 3.43. The van der Waals surface area contributed by atoms with Crippen LogP contribution >= 0.6 is 0 Å². The van der Waals surface area contributed by atoms with E-state index in [0.29, 0.717) is 71.0 Å². The van der Waals surface area contributed by atoms with Gasteiger partial charge in [0.15, 0.2) is 23.9 Å². The van der Waals surface area contributed by atoms with Crippen LogP contribution in [0.25, 0.3) is 22.0 Å². The average molecular weight is 537 g/mol. The quantitative estimate of drug-likeness (QED) is 0.165. The second-order valence-corrected chi connectivity index (χ2v) is 9.59. The zero-order valence-corrected chi connectivity index (χ0v) is 21.2. The molecule has 2 aliphatic heterocycles. The molecule has 12 heteroatoms. The van der Waals surface area contributed by atoms with E-state index in [9.17, 15) is 19.5 Å². The van der Waals surface area contributed by atoms with Gasteiger partial charge in [0.2, 0.25) is 6.79 Å². The lowest BCUT2D eigenvalue weighted by atomic mass is 10.00. The Morgan fingerprint density at radius 1 is 1.03 bits per heavy atom. The predicted molar refractivity (Wildman–Crippen MR) is 139 cm³/mol. The highest BCUT2D eigenvalue weighted by atomic mass is 16.7. The van der Waals surface area contributed by atoms with E-state index in [1.54, 1.807) is 16.7 Å². The van der Waals surface area contributed by atoms with Gasteiger partial charge in [-0.05, 0) is 30.7 Å². The number of rotatable bonds is 8. The zero-order valence-electron chi connectivity index (χ0n) is 21.2. The van der Waals surface area contributed by atoms with E-state index in [1.807, 2.05) is 5.43 Å². The molecule has 1 saturated heterocycles. The van der Waals surface area contributed by atoms with Gasteiger partial charge in [-0.3, -0.25) is 24.7 Å². The largest absolute Gasteiger partial charge is 0.483 e. The molecule has 1 amide bonds. The van der Waals surface area contributed by atoms with Crippen LogP contribution in [0.1, 0.15) is 27.9 Å². The number of nitrogens with zero attached hydrogens (tertiary/aromatic N) is 2. The Balaban J connectivity index is 1.49. The maximum absolute atomic E-state index is 14.0. The third-order valence-electron chi connectivity index (χ3n) is 7.34. The molecule has 0 saturated carbocycles. The molecule has 1 fully saturated rings. The number of ketones is 1. The maximum Gasteiger partial charge on any atom is 0.271 e. The van der Waals surface area contributed by atoms with E-state index in [1.165, 1.54) is 12.1 Å². The first-order chi connectivity index (χ1) is 19.0. The van der Waals surface area contributed by atoms with Crippen molar-refractivity contribution in [3.63, 3.8) is 0 Å². The van der Waals surface area contributed by atoms with Gasteiger partial charge in [-0.1, -0.05) is 0 Å². The van der Waals surface area contributed by atoms with E-state index in [0.717, 1.165) is 19.6 Å². The van der Waals surface area contributed by atoms with Crippen molar-refractivity contribution in [3.8, 4) is 28.5 Å². The number of nitrogens with two attached hydrogens (primary N) is 1. The van der Waals surface area contributed by atoms with Gasteiger partial charge in [-0.2, -0.15) is 0 Å². The molecule has 0 atom stereocenters. The number of ether oxygens (including phenoxy) is 4. The molecule has 4 N–H and O–H groups in total. The zero-order chi connectivity index (χ0) is 27.1. The molecule has 0 radical (unpaired) electrons. The average Bonchev–Trinajstić information content (AvgIpc) is 3.54. The number of hydrogen-bond acceptors (Lipinski definition) is 10. The number of carbonyl (C=O) groups is 2. The molecule has 204 valence electrons. The number of aliphatic hydroxyl groups excluding tert-OH is 1. The topological polar surface area (TPSA) is 155 Å². The molecule has 39 heavy (non-hydrogen) atoms. The summed E-state index contributed by atoms with van der Waals surface area (Å²) in [7, 11) is 0. The van der Waals surface area contributed by atoms with Crippen LogP contribution in [0.3, 0.4) is 0 Å². The van der Waals surface area contributed by atoms with E-state index in [2.05, 4.69) is 4.90 Å². The second kappa shape index (κ2) is 10.3. The highest BCUT2D eigenvalue weighted by Gasteiger charge is 2.35. The summed E-state index contributed by atoms with van der Waals surface area (Å²) in [6.07, 6.45) is 0.689. The molecule has 3 heterocycles. The number of nitrogens with one attached hydrogen (secondary N) is 1. The number of aliphatic hydroxyl groups is 1. The van der Waals surface area contributed by atoms with E-state index < -0.39 is 19.1 Å². The third kappa shape index (κ3) is 4.40. The van der Waals surface area contributed by atoms with Crippen LogP contribution in [-0.2, 0) is 22.7 Å². The smallest absolute Gasteiger partial charge is 0.271 e. The summed E-state index contributed by atoms with van der Waals surface area (Å²) in [5.74, 6) is 5.49. The first-order valence-electron chi connectivity index (χ1n) is 12.8. The standard InChI is InChI=1S/C27H28N4O8/c28-29-23(33)13-37-20-9-16-19(8-15(20)12-32)27(35)31(3-1-2-30-4-6-36-7-5-30)25-17-10-21-22(39-14-38-21)11-18(17)26(34)24(16)25/h8-11,32H,1-7,12-14,28H2,(H,29,33). The minimum absolute atomic E-state index is 0.0599. The molecule has 1 aromatic heterocycles. The predicted octanol–water partition coefficient (Wildman–Crippen LogP) is 0.525. The second-order valence-electron chi connectivity index (χ2n) is 9.59. The number of pyridine rings is 1. The molecule has 6 rings (SSSR count). The summed E-state index contributed by atoms with van der Waals surface area (Å²) < 4.78 is 23.8. The number of aromatic nitrogens is 1. The summed E-state index contributed by atoms with van der Waals surface area (Å²) in [4.78, 5) is 41.8. The van der Waals surface area contributed by atoms with Gasteiger partial charge in [0.25, 0.3) is 11.5 Å². The maximum atomic E-state index is 14.0. The minimum Gasteiger partial charge on any atom is -0.483 e. The summed E-state index contributed by atoms with van der Waals surface area (Å²) in [5.41, 5.74) is 3.89. The van der Waals surface area contributed by atoms with Crippen LogP contribution in [0, 0.1) is 0 Å². The van der Waals surface area contributed by atoms with Crippen molar-refractivity contribution in [2.45, 2.75) is 19.6 Å². The molecular weight excluding hydrogens is 508 g/mol. The molecular formula is C27H28N4O8. The van der Waals surface area contributed by atoms with Crippen LogP contribution in [0.4, 0.5) is 0 Å². The van der Waals surface area contributed by atoms with Crippen molar-refractivity contribution >= 4 is 22.5 Å². The van der Waals surface area contributed by atoms with E-state index in [4.69, 9.17) is 24.8 Å². The summed E-state index contributed by atoms with van der Waals surface area (Å²) in [5, 5.41) is 10.7. The minimum atomic E-state index is -0.571. The SMILES string of the molecule is NNC(=O)COc1cc2c3c(n(CCCN4CCOCC4)c(=O)c2cc1CO)-c1cc2c(cc1C3=O)OCO2. The number of amides is 1. The summed E-state index contributed by atoms with van der Waals surface area (Å²) >= 11 is 0. The third-order valence-corrected chi connectivity index (χ3v) is 7.34. The van der Waals surface area contributed by atoms with Crippen LogP contribution < -0.4 is 31.0 Å². The van der Waals surface area contributed by atoms with Gasteiger partial charge < -0.3 is 28.6 Å². The van der Waals surface area contributed by atoms with Gasteiger partial charge in [-0.25, -0.2) is 5.84 Å². The van der Waals surface area contributed by atoms with Gasteiger partial charge in [-0.15, -0.1) is 0 Å². The Bertz CT molecular complexity index is 1540. The van der Waals surface area contributed by atoms with E-state index in [-0.39, 0.29) is 29.3 Å². The van der Waals surface area contributed by atoms with Crippen LogP contribution in [0.2, 0.25) is 0 Å². The molecule has 0 spiro atoms. The lowest BCUT2D eigenvalue weighted by Crippen LogP contribution is -2.37. The Labute approximate surface area is 222 Å². The molecule has 2 aromatic carbocycles.